The van der Waals surface area contributed by atoms with Crippen LogP contribution in [0.3, 0.4) is 0 Å². The summed E-state index contributed by atoms with van der Waals surface area (Å²) in [6.07, 6.45) is 35.3. The Balaban J connectivity index is 4.05. The summed E-state index contributed by atoms with van der Waals surface area (Å²) in [7, 11) is -4.44. The van der Waals surface area contributed by atoms with Gasteiger partial charge in [0, 0.05) is 0 Å². The van der Waals surface area contributed by atoms with Crippen molar-refractivity contribution in [1.82, 2.24) is 5.32 Å². The van der Waals surface area contributed by atoms with Crippen LogP contribution in [0.1, 0.15) is 181 Å². The van der Waals surface area contributed by atoms with Crippen molar-refractivity contribution in [2.24, 2.45) is 0 Å². The summed E-state index contributed by atoms with van der Waals surface area (Å²) in [5, 5.41) is 23.2. The number of amides is 1. The topological polar surface area (TPSA) is 124 Å². The minimum Gasteiger partial charge on any atom is -0.387 e. The zero-order valence-electron chi connectivity index (χ0n) is 29.1. The Labute approximate surface area is 277 Å². The van der Waals surface area contributed by atoms with Crippen LogP contribution in [0.25, 0.3) is 0 Å². The Morgan fingerprint density at radius 3 is 1.47 bits per heavy atom. The molecule has 0 fully saturated rings. The van der Waals surface area contributed by atoms with E-state index in [1.807, 2.05) is 0 Å². The fourth-order valence-electron chi connectivity index (χ4n) is 5.55. The first-order valence-electron chi connectivity index (χ1n) is 18.6. The lowest BCUT2D eigenvalue weighted by Crippen LogP contribution is -2.50. The SMILES string of the molecule is CCCC/C=C\CCCCCC(O)C(=O)NC(CS(=O)(=O)O)C(O)/C=C/CCCCCCCCCCCCCCCCCCC. The third-order valence-corrected chi connectivity index (χ3v) is 9.26. The molecular formula is C37H71NO6S. The quantitative estimate of drug-likeness (QED) is 0.0317. The molecule has 0 aromatic rings. The van der Waals surface area contributed by atoms with E-state index in [0.29, 0.717) is 6.42 Å². The number of carbonyl (C=O) groups excluding carboxylic acids is 1. The van der Waals surface area contributed by atoms with E-state index < -0.39 is 40.0 Å². The van der Waals surface area contributed by atoms with Crippen LogP contribution in [0.2, 0.25) is 0 Å². The number of hydrogen-bond donors (Lipinski definition) is 4. The molecule has 7 nitrogen and oxygen atoms in total. The van der Waals surface area contributed by atoms with Crippen molar-refractivity contribution in [1.29, 1.82) is 0 Å². The smallest absolute Gasteiger partial charge is 0.267 e. The van der Waals surface area contributed by atoms with Gasteiger partial charge >= 0.3 is 0 Å². The van der Waals surface area contributed by atoms with E-state index in [-0.39, 0.29) is 6.42 Å². The summed E-state index contributed by atoms with van der Waals surface area (Å²) in [5.74, 6) is -1.55. The maximum Gasteiger partial charge on any atom is 0.267 e. The molecule has 0 spiro atoms. The molecule has 266 valence electrons. The van der Waals surface area contributed by atoms with Gasteiger partial charge in [-0.25, -0.2) is 0 Å². The van der Waals surface area contributed by atoms with Crippen LogP contribution in [-0.2, 0) is 14.9 Å². The summed E-state index contributed by atoms with van der Waals surface area (Å²) < 4.78 is 32.3. The Kier molecular flexibility index (Phi) is 30.5. The molecule has 3 unspecified atom stereocenters. The van der Waals surface area contributed by atoms with Crippen molar-refractivity contribution < 1.29 is 28.0 Å². The van der Waals surface area contributed by atoms with Gasteiger partial charge in [-0.1, -0.05) is 167 Å². The van der Waals surface area contributed by atoms with Gasteiger partial charge in [0.05, 0.1) is 17.9 Å². The highest BCUT2D eigenvalue weighted by Crippen LogP contribution is 2.15. The molecule has 3 atom stereocenters. The first kappa shape index (κ1) is 43.8. The van der Waals surface area contributed by atoms with E-state index in [9.17, 15) is 28.0 Å². The monoisotopic (exact) mass is 658 g/mol. The molecule has 0 saturated heterocycles. The third kappa shape index (κ3) is 31.2. The van der Waals surface area contributed by atoms with Crippen molar-refractivity contribution in [3.8, 4) is 0 Å². The predicted octanol–water partition coefficient (Wildman–Crippen LogP) is 9.38. The molecule has 0 saturated carbocycles. The maximum absolute atomic E-state index is 12.5. The summed E-state index contributed by atoms with van der Waals surface area (Å²) in [5.41, 5.74) is 0. The van der Waals surface area contributed by atoms with Crippen LogP contribution in [0.4, 0.5) is 0 Å². The van der Waals surface area contributed by atoms with Crippen LogP contribution in [0, 0.1) is 0 Å². The van der Waals surface area contributed by atoms with E-state index in [1.54, 1.807) is 6.08 Å². The largest absolute Gasteiger partial charge is 0.387 e. The molecular weight excluding hydrogens is 586 g/mol. The Morgan fingerprint density at radius 2 is 1.00 bits per heavy atom. The number of aliphatic hydroxyl groups is 2. The molecule has 1 amide bonds. The van der Waals surface area contributed by atoms with Crippen molar-refractivity contribution in [2.45, 2.75) is 199 Å². The Bertz CT molecular complexity index is 829. The van der Waals surface area contributed by atoms with Crippen LogP contribution in [0.5, 0.6) is 0 Å². The van der Waals surface area contributed by atoms with Crippen molar-refractivity contribution in [3.63, 3.8) is 0 Å². The third-order valence-electron chi connectivity index (χ3n) is 8.48. The average molecular weight is 658 g/mol. The minimum atomic E-state index is -4.44. The number of allylic oxidation sites excluding steroid dienone is 3. The van der Waals surface area contributed by atoms with Crippen molar-refractivity contribution >= 4 is 16.0 Å². The van der Waals surface area contributed by atoms with Crippen molar-refractivity contribution in [2.75, 3.05) is 5.75 Å². The number of hydrogen-bond acceptors (Lipinski definition) is 5. The molecule has 0 aliphatic carbocycles. The lowest BCUT2D eigenvalue weighted by atomic mass is 10.0. The molecule has 45 heavy (non-hydrogen) atoms. The summed E-state index contributed by atoms with van der Waals surface area (Å²) >= 11 is 0. The van der Waals surface area contributed by atoms with Gasteiger partial charge in [0.25, 0.3) is 10.1 Å². The second-order valence-corrected chi connectivity index (χ2v) is 14.5. The second kappa shape index (κ2) is 31.4. The number of aliphatic hydroxyl groups excluding tert-OH is 2. The molecule has 0 aromatic carbocycles. The van der Waals surface area contributed by atoms with E-state index in [2.05, 4.69) is 31.3 Å². The van der Waals surface area contributed by atoms with E-state index in [0.717, 1.165) is 44.9 Å². The Hall–Kier alpha value is -1.22. The Morgan fingerprint density at radius 1 is 0.600 bits per heavy atom. The highest BCUT2D eigenvalue weighted by atomic mass is 32.2. The fraction of sp³-hybridized carbons (Fsp3) is 0.865. The van der Waals surface area contributed by atoms with E-state index in [1.165, 1.54) is 115 Å². The lowest BCUT2D eigenvalue weighted by Gasteiger charge is -2.22. The summed E-state index contributed by atoms with van der Waals surface area (Å²) in [6, 6.07) is -1.23. The lowest BCUT2D eigenvalue weighted by molar-refractivity contribution is -0.130. The van der Waals surface area contributed by atoms with Gasteiger partial charge in [-0.3, -0.25) is 9.35 Å². The van der Waals surface area contributed by atoms with Gasteiger partial charge in [0.1, 0.15) is 6.10 Å². The van der Waals surface area contributed by atoms with E-state index >= 15 is 0 Å². The highest BCUT2D eigenvalue weighted by Gasteiger charge is 2.27. The second-order valence-electron chi connectivity index (χ2n) is 13.0. The molecule has 0 aromatic heterocycles. The van der Waals surface area contributed by atoms with E-state index in [4.69, 9.17) is 0 Å². The molecule has 4 N–H and O–H groups in total. The highest BCUT2D eigenvalue weighted by molar-refractivity contribution is 7.85. The van der Waals surface area contributed by atoms with Crippen LogP contribution in [0.15, 0.2) is 24.3 Å². The number of rotatable bonds is 33. The summed E-state index contributed by atoms with van der Waals surface area (Å²) in [4.78, 5) is 12.5. The van der Waals surface area contributed by atoms with Gasteiger partial charge in [0.15, 0.2) is 0 Å². The van der Waals surface area contributed by atoms with Gasteiger partial charge in [-0.2, -0.15) is 8.42 Å². The number of nitrogens with one attached hydrogen (secondary N) is 1. The standard InChI is InChI=1S/C37H71NO6S/c1-3-5-7-9-11-13-14-15-16-17-18-19-20-21-22-24-25-27-29-31-35(39)34(33-45(42,43)44)38-37(41)36(40)32-30-28-26-23-12-10-8-6-4-2/h10,12,29,31,34-36,39-40H,3-9,11,13-28,30,32-33H2,1-2H3,(H,38,41)(H,42,43,44)/b12-10-,31-29+. The van der Waals surface area contributed by atoms with Crippen LogP contribution in [-0.4, -0.2) is 53.1 Å². The molecule has 8 heteroatoms. The number of carbonyl (C=O) groups is 1. The van der Waals surface area contributed by atoms with Crippen molar-refractivity contribution in [3.05, 3.63) is 24.3 Å². The normalized spacial score (nSPS) is 14.3. The molecule has 0 radical (unpaired) electrons. The van der Waals surface area contributed by atoms with Crippen LogP contribution < -0.4 is 5.32 Å². The maximum atomic E-state index is 12.5. The van der Waals surface area contributed by atoms with Gasteiger partial charge < -0.3 is 15.5 Å². The predicted molar refractivity (Wildman–Crippen MR) is 190 cm³/mol. The van der Waals surface area contributed by atoms with Crippen LogP contribution >= 0.6 is 0 Å². The first-order valence-corrected chi connectivity index (χ1v) is 20.3. The molecule has 0 aliphatic rings. The molecule has 0 rings (SSSR count). The molecule has 0 aliphatic heterocycles. The fourth-order valence-corrected chi connectivity index (χ4v) is 6.29. The summed E-state index contributed by atoms with van der Waals surface area (Å²) in [6.45, 7) is 4.43. The molecule has 0 heterocycles. The zero-order chi connectivity index (χ0) is 33.4. The molecule has 0 bridgehead atoms. The zero-order valence-corrected chi connectivity index (χ0v) is 29.9. The van der Waals surface area contributed by atoms with Gasteiger partial charge in [-0.05, 0) is 38.5 Å². The minimum absolute atomic E-state index is 0.259. The number of unbranched alkanes of at least 4 members (excludes halogenated alkanes) is 22. The average Bonchev–Trinajstić information content (AvgIpc) is 3.00. The van der Waals surface area contributed by atoms with Gasteiger partial charge in [-0.15, -0.1) is 0 Å². The van der Waals surface area contributed by atoms with Gasteiger partial charge in [0.2, 0.25) is 5.91 Å². The first-order chi connectivity index (χ1) is 21.7.